The Morgan fingerprint density at radius 1 is 0.973 bits per heavy atom. The molecular weight excluding hydrogens is 588 g/mol. The van der Waals surface area contributed by atoms with Gasteiger partial charge in [0.2, 0.25) is 0 Å². The van der Waals surface area contributed by atoms with Crippen molar-refractivity contribution in [1.29, 1.82) is 0 Å². The van der Waals surface area contributed by atoms with Crippen LogP contribution in [-0.2, 0) is 16.6 Å². The molecule has 0 aliphatic heterocycles. The Balaban J connectivity index is 1.41. The molecule has 188 valence electrons. The number of nitrogens with zero attached hydrogens (tertiary/aromatic N) is 3. The first-order chi connectivity index (χ1) is 17.7. The molecule has 0 spiro atoms. The van der Waals surface area contributed by atoms with Gasteiger partial charge in [0.1, 0.15) is 17.5 Å². The molecule has 0 fully saturated rings. The maximum atomic E-state index is 13.5. The van der Waals surface area contributed by atoms with Crippen LogP contribution in [0.5, 0.6) is 0 Å². The van der Waals surface area contributed by atoms with E-state index in [0.717, 1.165) is 23.3 Å². The van der Waals surface area contributed by atoms with E-state index in [9.17, 15) is 17.2 Å². The lowest BCUT2D eigenvalue weighted by atomic mass is 10.1. The lowest BCUT2D eigenvalue weighted by molar-refractivity contribution is 0.568. The van der Waals surface area contributed by atoms with E-state index in [1.807, 2.05) is 24.3 Å². The molecule has 0 bridgehead atoms. The molecule has 5 rings (SSSR count). The van der Waals surface area contributed by atoms with Gasteiger partial charge >= 0.3 is 0 Å². The monoisotopic (exact) mass is 603 g/mol. The van der Waals surface area contributed by atoms with Gasteiger partial charge in [0.05, 0.1) is 21.3 Å². The van der Waals surface area contributed by atoms with Crippen molar-refractivity contribution in [3.63, 3.8) is 0 Å². The summed E-state index contributed by atoms with van der Waals surface area (Å²) < 4.78 is 57.1. The Labute approximate surface area is 224 Å². The van der Waals surface area contributed by atoms with Gasteiger partial charge in [-0.05, 0) is 51.8 Å². The molecule has 2 N–H and O–H groups in total. The third kappa shape index (κ3) is 5.43. The van der Waals surface area contributed by atoms with E-state index < -0.39 is 26.6 Å². The van der Waals surface area contributed by atoms with Crippen molar-refractivity contribution in [1.82, 2.24) is 14.6 Å². The molecule has 0 aliphatic rings. The van der Waals surface area contributed by atoms with Crippen LogP contribution in [0.1, 0.15) is 5.56 Å². The largest absolute Gasteiger partial charge is 0.366 e. The topological polar surface area (TPSA) is 88.4 Å². The highest BCUT2D eigenvalue weighted by molar-refractivity contribution is 9.10. The zero-order valence-electron chi connectivity index (χ0n) is 18.8. The third-order valence-corrected chi connectivity index (χ3v) is 7.63. The van der Waals surface area contributed by atoms with Gasteiger partial charge in [-0.15, -0.1) is 0 Å². The molecular formula is C25H17BrClF2N5O2S. The van der Waals surface area contributed by atoms with E-state index in [1.165, 1.54) is 0 Å². The molecule has 5 aromatic rings. The lowest BCUT2D eigenvalue weighted by Gasteiger charge is -2.13. The van der Waals surface area contributed by atoms with Gasteiger partial charge in [-0.25, -0.2) is 22.2 Å². The number of rotatable bonds is 7. The first-order valence-electron chi connectivity index (χ1n) is 10.8. The van der Waals surface area contributed by atoms with Crippen LogP contribution in [0.25, 0.3) is 16.9 Å². The van der Waals surface area contributed by atoms with E-state index in [1.54, 1.807) is 41.0 Å². The fourth-order valence-corrected chi connectivity index (χ4v) is 5.38. The predicted molar refractivity (Wildman–Crippen MR) is 142 cm³/mol. The van der Waals surface area contributed by atoms with Crippen LogP contribution in [0.3, 0.4) is 0 Å². The molecule has 0 atom stereocenters. The summed E-state index contributed by atoms with van der Waals surface area (Å²) >= 11 is 9.86. The van der Waals surface area contributed by atoms with Crippen molar-refractivity contribution in [2.75, 3.05) is 10.0 Å². The van der Waals surface area contributed by atoms with Crippen molar-refractivity contribution >= 4 is 54.7 Å². The number of hydrogen-bond acceptors (Lipinski definition) is 5. The first-order valence-corrected chi connectivity index (χ1v) is 13.5. The zero-order valence-corrected chi connectivity index (χ0v) is 21.9. The Morgan fingerprint density at radius 3 is 2.49 bits per heavy atom. The second-order valence-electron chi connectivity index (χ2n) is 8.00. The molecule has 0 saturated heterocycles. The zero-order chi connectivity index (χ0) is 26.2. The molecule has 0 saturated carbocycles. The van der Waals surface area contributed by atoms with Gasteiger partial charge in [0, 0.05) is 35.0 Å². The number of anilines is 2. The molecule has 0 unspecified atom stereocenters. The number of halogens is 4. The van der Waals surface area contributed by atoms with Gasteiger partial charge in [-0.3, -0.25) is 4.72 Å². The molecule has 2 heterocycles. The molecule has 7 nitrogen and oxygen atoms in total. The molecule has 12 heteroatoms. The highest BCUT2D eigenvalue weighted by Crippen LogP contribution is 2.30. The van der Waals surface area contributed by atoms with Crippen LogP contribution >= 0.6 is 27.5 Å². The quantitative estimate of drug-likeness (QED) is 0.221. The standard InChI is InChI=1S/C25H17BrClF2N5O2S/c26-21-14-31-34-24(12-23(32-25(21)34)20-6-1-2-7-22(20)27)30-13-15-4-3-5-18(8-15)33-37(35,36)19-10-16(28)9-17(29)11-19/h1-12,14,30,33H,13H2. The Hall–Kier alpha value is -3.54. The van der Waals surface area contributed by atoms with E-state index in [-0.39, 0.29) is 5.69 Å². The number of aromatic nitrogens is 3. The van der Waals surface area contributed by atoms with Crippen molar-refractivity contribution in [3.8, 4) is 11.3 Å². The molecule has 2 aromatic heterocycles. The Kier molecular flexibility index (Phi) is 6.84. The molecule has 0 radical (unpaired) electrons. The van der Waals surface area contributed by atoms with Crippen LogP contribution in [0.4, 0.5) is 20.3 Å². The van der Waals surface area contributed by atoms with Gasteiger partial charge in [-0.2, -0.15) is 9.61 Å². The van der Waals surface area contributed by atoms with Gasteiger partial charge in [-0.1, -0.05) is 41.9 Å². The van der Waals surface area contributed by atoms with Crippen molar-refractivity contribution in [3.05, 3.63) is 106 Å². The van der Waals surface area contributed by atoms with Gasteiger partial charge in [0.15, 0.2) is 5.65 Å². The van der Waals surface area contributed by atoms with E-state index in [4.69, 9.17) is 11.6 Å². The summed E-state index contributed by atoms with van der Waals surface area (Å²) in [5, 5.41) is 8.22. The minimum Gasteiger partial charge on any atom is -0.366 e. The van der Waals surface area contributed by atoms with Gasteiger partial charge in [0.25, 0.3) is 10.0 Å². The average Bonchev–Trinajstić information content (AvgIpc) is 3.23. The summed E-state index contributed by atoms with van der Waals surface area (Å²) in [7, 11) is -4.20. The van der Waals surface area contributed by atoms with Crippen molar-refractivity contribution in [2.24, 2.45) is 0 Å². The average molecular weight is 605 g/mol. The highest BCUT2D eigenvalue weighted by atomic mass is 79.9. The summed E-state index contributed by atoms with van der Waals surface area (Å²) in [5.74, 6) is -1.33. The third-order valence-electron chi connectivity index (χ3n) is 5.38. The van der Waals surface area contributed by atoms with Crippen LogP contribution in [0.2, 0.25) is 5.02 Å². The maximum absolute atomic E-state index is 13.5. The van der Waals surface area contributed by atoms with Crippen molar-refractivity contribution in [2.45, 2.75) is 11.4 Å². The number of nitrogens with one attached hydrogen (secondary N) is 2. The minimum atomic E-state index is -4.20. The fraction of sp³-hybridized carbons (Fsp3) is 0.0400. The van der Waals surface area contributed by atoms with Crippen LogP contribution < -0.4 is 10.0 Å². The van der Waals surface area contributed by atoms with E-state index in [0.29, 0.717) is 39.3 Å². The molecule has 37 heavy (non-hydrogen) atoms. The number of fused-ring (bicyclic) bond motifs is 1. The maximum Gasteiger partial charge on any atom is 0.262 e. The molecule has 3 aromatic carbocycles. The second-order valence-corrected chi connectivity index (χ2v) is 10.9. The Morgan fingerprint density at radius 2 is 1.73 bits per heavy atom. The highest BCUT2D eigenvalue weighted by Gasteiger charge is 2.17. The van der Waals surface area contributed by atoms with Crippen LogP contribution in [0, 0.1) is 11.6 Å². The number of sulfonamides is 1. The van der Waals surface area contributed by atoms with E-state index in [2.05, 4.69) is 36.1 Å². The van der Waals surface area contributed by atoms with Crippen LogP contribution in [0.15, 0.2) is 88.4 Å². The fourth-order valence-electron chi connectivity index (χ4n) is 3.70. The SMILES string of the molecule is O=S(=O)(Nc1cccc(CNc2cc(-c3ccccc3Cl)nc3c(Br)cnn23)c1)c1cc(F)cc(F)c1. The summed E-state index contributed by atoms with van der Waals surface area (Å²) in [6.07, 6.45) is 1.63. The predicted octanol–water partition coefficient (Wildman–Crippen LogP) is 6.50. The Bertz CT molecular complexity index is 1730. The number of benzene rings is 3. The summed E-state index contributed by atoms with van der Waals surface area (Å²) in [5.41, 5.74) is 2.96. The normalized spacial score (nSPS) is 11.6. The van der Waals surface area contributed by atoms with Crippen LogP contribution in [-0.4, -0.2) is 23.0 Å². The summed E-state index contributed by atoms with van der Waals surface area (Å²) in [6.45, 7) is 0.308. The summed E-state index contributed by atoms with van der Waals surface area (Å²) in [6, 6.07) is 17.9. The smallest absolute Gasteiger partial charge is 0.262 e. The number of hydrogen-bond donors (Lipinski definition) is 2. The first kappa shape index (κ1) is 25.1. The summed E-state index contributed by atoms with van der Waals surface area (Å²) in [4.78, 5) is 4.17. The minimum absolute atomic E-state index is 0.238. The van der Waals surface area contributed by atoms with Gasteiger partial charge < -0.3 is 5.32 Å². The van der Waals surface area contributed by atoms with E-state index >= 15 is 0 Å². The molecule has 0 aliphatic carbocycles. The van der Waals surface area contributed by atoms with Crippen molar-refractivity contribution < 1.29 is 17.2 Å². The molecule has 0 amide bonds. The second kappa shape index (κ2) is 10.1. The lowest BCUT2D eigenvalue weighted by Crippen LogP contribution is -2.14.